The van der Waals surface area contributed by atoms with Crippen molar-refractivity contribution in [2.75, 3.05) is 11.9 Å². The van der Waals surface area contributed by atoms with Gasteiger partial charge in [-0.2, -0.15) is 5.10 Å². The lowest BCUT2D eigenvalue weighted by molar-refractivity contribution is -0.136. The molecule has 25 heavy (non-hydrogen) atoms. The van der Waals surface area contributed by atoms with Gasteiger partial charge in [0.25, 0.3) is 0 Å². The number of benzene rings is 2. The monoisotopic (exact) mass is 337 g/mol. The van der Waals surface area contributed by atoms with Crippen LogP contribution in [-0.4, -0.2) is 24.6 Å². The second-order valence-electron chi connectivity index (χ2n) is 5.19. The van der Waals surface area contributed by atoms with E-state index in [0.29, 0.717) is 18.0 Å². The lowest BCUT2D eigenvalue weighted by atomic mass is 10.2. The standard InChI is InChI=1S/C19H19N3O3/c1-3-11-25-17-9-7-15(8-10-17)13-20-22-19(24)18(23)21-16-6-4-5-14(2)12-16/h3-10,12-13H,1,11H2,2H3,(H,21,23)(H,22,24)/b20-13+. The van der Waals surface area contributed by atoms with E-state index in [1.807, 2.05) is 13.0 Å². The summed E-state index contributed by atoms with van der Waals surface area (Å²) in [6.45, 7) is 5.90. The van der Waals surface area contributed by atoms with Crippen LogP contribution in [0, 0.1) is 6.92 Å². The van der Waals surface area contributed by atoms with Crippen LogP contribution in [0.4, 0.5) is 5.69 Å². The van der Waals surface area contributed by atoms with Gasteiger partial charge in [-0.25, -0.2) is 5.43 Å². The molecule has 2 aromatic carbocycles. The predicted octanol–water partition coefficient (Wildman–Crippen LogP) is 2.65. The molecule has 2 N–H and O–H groups in total. The summed E-state index contributed by atoms with van der Waals surface area (Å²) >= 11 is 0. The molecule has 0 heterocycles. The van der Waals surface area contributed by atoms with Crippen LogP contribution >= 0.6 is 0 Å². The summed E-state index contributed by atoms with van der Waals surface area (Å²) in [7, 11) is 0. The molecule has 0 aliphatic heterocycles. The Kier molecular flexibility index (Phi) is 6.47. The molecule has 0 spiro atoms. The Labute approximate surface area is 146 Å². The summed E-state index contributed by atoms with van der Waals surface area (Å²) in [5.41, 5.74) is 4.48. The molecule has 0 unspecified atom stereocenters. The van der Waals surface area contributed by atoms with Gasteiger partial charge in [-0.1, -0.05) is 24.8 Å². The normalized spacial score (nSPS) is 10.3. The molecular formula is C19H19N3O3. The van der Waals surface area contributed by atoms with Gasteiger partial charge in [0.05, 0.1) is 6.21 Å². The summed E-state index contributed by atoms with van der Waals surface area (Å²) in [5, 5.41) is 6.28. The van der Waals surface area contributed by atoms with Gasteiger partial charge in [0.2, 0.25) is 0 Å². The number of aryl methyl sites for hydroxylation is 1. The number of anilines is 1. The first-order valence-corrected chi connectivity index (χ1v) is 7.63. The number of rotatable bonds is 6. The Morgan fingerprint density at radius 2 is 1.92 bits per heavy atom. The highest BCUT2D eigenvalue weighted by molar-refractivity contribution is 6.39. The number of nitrogens with one attached hydrogen (secondary N) is 2. The third-order valence-electron chi connectivity index (χ3n) is 3.11. The summed E-state index contributed by atoms with van der Waals surface area (Å²) in [6, 6.07) is 14.3. The highest BCUT2D eigenvalue weighted by Gasteiger charge is 2.12. The van der Waals surface area contributed by atoms with Crippen molar-refractivity contribution in [1.82, 2.24) is 5.43 Å². The van der Waals surface area contributed by atoms with Crippen molar-refractivity contribution < 1.29 is 14.3 Å². The fourth-order valence-electron chi connectivity index (χ4n) is 1.93. The molecule has 2 amide bonds. The van der Waals surface area contributed by atoms with E-state index in [2.05, 4.69) is 22.4 Å². The van der Waals surface area contributed by atoms with Crippen molar-refractivity contribution >= 4 is 23.7 Å². The topological polar surface area (TPSA) is 79.8 Å². The van der Waals surface area contributed by atoms with Crippen molar-refractivity contribution in [3.63, 3.8) is 0 Å². The van der Waals surface area contributed by atoms with E-state index in [-0.39, 0.29) is 0 Å². The first-order chi connectivity index (χ1) is 12.1. The Hall–Kier alpha value is -3.41. The van der Waals surface area contributed by atoms with Crippen LogP contribution < -0.4 is 15.5 Å². The lowest BCUT2D eigenvalue weighted by Gasteiger charge is -2.04. The molecule has 0 saturated carbocycles. The molecule has 0 atom stereocenters. The zero-order valence-corrected chi connectivity index (χ0v) is 13.9. The number of carbonyl (C=O) groups excluding carboxylic acids is 2. The van der Waals surface area contributed by atoms with Crippen LogP contribution in [0.5, 0.6) is 5.75 Å². The Bertz CT molecular complexity index is 783. The quantitative estimate of drug-likeness (QED) is 0.368. The highest BCUT2D eigenvalue weighted by Crippen LogP contribution is 2.11. The lowest BCUT2D eigenvalue weighted by Crippen LogP contribution is -2.32. The molecule has 0 aromatic heterocycles. The van der Waals surface area contributed by atoms with E-state index in [4.69, 9.17) is 4.74 Å². The second kappa shape index (κ2) is 9.02. The number of amides is 2. The van der Waals surface area contributed by atoms with E-state index in [1.165, 1.54) is 6.21 Å². The molecule has 2 aromatic rings. The van der Waals surface area contributed by atoms with Crippen LogP contribution in [0.3, 0.4) is 0 Å². The first-order valence-electron chi connectivity index (χ1n) is 7.63. The minimum absolute atomic E-state index is 0.430. The van der Waals surface area contributed by atoms with Gasteiger partial charge in [0.1, 0.15) is 12.4 Å². The average molecular weight is 337 g/mol. The van der Waals surface area contributed by atoms with E-state index in [0.717, 1.165) is 11.1 Å². The van der Waals surface area contributed by atoms with E-state index in [1.54, 1.807) is 48.5 Å². The van der Waals surface area contributed by atoms with Crippen molar-refractivity contribution in [2.45, 2.75) is 6.92 Å². The minimum Gasteiger partial charge on any atom is -0.490 e. The molecule has 2 rings (SSSR count). The summed E-state index contributed by atoms with van der Waals surface area (Å²) < 4.78 is 5.36. The van der Waals surface area contributed by atoms with Gasteiger partial charge in [0, 0.05) is 5.69 Å². The molecule has 0 bridgehead atoms. The summed E-state index contributed by atoms with van der Waals surface area (Å²) in [5.74, 6) is -0.918. The Morgan fingerprint density at radius 1 is 1.16 bits per heavy atom. The number of nitrogens with zero attached hydrogens (tertiary/aromatic N) is 1. The van der Waals surface area contributed by atoms with Crippen LogP contribution in [-0.2, 0) is 9.59 Å². The highest BCUT2D eigenvalue weighted by atomic mass is 16.5. The van der Waals surface area contributed by atoms with Crippen molar-refractivity contribution in [2.24, 2.45) is 5.10 Å². The maximum atomic E-state index is 11.8. The number of hydrogen-bond donors (Lipinski definition) is 2. The van der Waals surface area contributed by atoms with Crippen molar-refractivity contribution in [3.8, 4) is 5.75 Å². The van der Waals surface area contributed by atoms with Gasteiger partial charge >= 0.3 is 11.8 Å². The van der Waals surface area contributed by atoms with Gasteiger partial charge < -0.3 is 10.1 Å². The van der Waals surface area contributed by atoms with Crippen molar-refractivity contribution in [3.05, 3.63) is 72.3 Å². The maximum absolute atomic E-state index is 11.8. The number of hydrazone groups is 1. The molecule has 0 aliphatic carbocycles. The molecule has 128 valence electrons. The molecule has 0 saturated heterocycles. The molecular weight excluding hydrogens is 318 g/mol. The fourth-order valence-corrected chi connectivity index (χ4v) is 1.93. The summed E-state index contributed by atoms with van der Waals surface area (Å²) in [4.78, 5) is 23.5. The third-order valence-corrected chi connectivity index (χ3v) is 3.11. The number of carbonyl (C=O) groups is 2. The molecule has 6 heteroatoms. The van der Waals surface area contributed by atoms with Crippen LogP contribution in [0.2, 0.25) is 0 Å². The third kappa shape index (κ3) is 5.95. The van der Waals surface area contributed by atoms with Gasteiger partial charge in [-0.05, 0) is 54.4 Å². The molecule has 0 radical (unpaired) electrons. The van der Waals surface area contributed by atoms with E-state index < -0.39 is 11.8 Å². The zero-order chi connectivity index (χ0) is 18.1. The van der Waals surface area contributed by atoms with Crippen LogP contribution in [0.25, 0.3) is 0 Å². The van der Waals surface area contributed by atoms with Gasteiger partial charge in [-0.15, -0.1) is 0 Å². The molecule has 6 nitrogen and oxygen atoms in total. The number of ether oxygens (including phenoxy) is 1. The second-order valence-corrected chi connectivity index (χ2v) is 5.19. The van der Waals surface area contributed by atoms with E-state index >= 15 is 0 Å². The van der Waals surface area contributed by atoms with Gasteiger partial charge in [0.15, 0.2) is 0 Å². The first kappa shape index (κ1) is 17.9. The Morgan fingerprint density at radius 3 is 2.60 bits per heavy atom. The average Bonchev–Trinajstić information content (AvgIpc) is 2.61. The molecule has 0 fully saturated rings. The van der Waals surface area contributed by atoms with Crippen LogP contribution in [0.15, 0.2) is 66.3 Å². The predicted molar refractivity (Wildman–Crippen MR) is 97.7 cm³/mol. The van der Waals surface area contributed by atoms with Crippen LogP contribution in [0.1, 0.15) is 11.1 Å². The van der Waals surface area contributed by atoms with E-state index in [9.17, 15) is 9.59 Å². The van der Waals surface area contributed by atoms with Gasteiger partial charge in [-0.3, -0.25) is 9.59 Å². The largest absolute Gasteiger partial charge is 0.490 e. The smallest absolute Gasteiger partial charge is 0.329 e. The summed E-state index contributed by atoms with van der Waals surface area (Å²) in [6.07, 6.45) is 3.10. The SMILES string of the molecule is C=CCOc1ccc(/C=N/NC(=O)C(=O)Nc2cccc(C)c2)cc1. The van der Waals surface area contributed by atoms with Crippen molar-refractivity contribution in [1.29, 1.82) is 0 Å². The minimum atomic E-state index is -0.844. The maximum Gasteiger partial charge on any atom is 0.329 e. The fraction of sp³-hybridized carbons (Fsp3) is 0.105. The zero-order valence-electron chi connectivity index (χ0n) is 13.9. The number of hydrogen-bond acceptors (Lipinski definition) is 4. The Balaban J connectivity index is 1.85. The molecule has 0 aliphatic rings.